The van der Waals surface area contributed by atoms with Crippen molar-refractivity contribution in [2.45, 2.75) is 26.2 Å². The fourth-order valence-electron chi connectivity index (χ4n) is 0.187. The minimum atomic E-state index is -4.12. The van der Waals surface area contributed by atoms with Gasteiger partial charge in [-0.1, -0.05) is 6.92 Å². The van der Waals surface area contributed by atoms with Crippen LogP contribution in [0.4, 0.5) is 0 Å². The van der Waals surface area contributed by atoms with Crippen LogP contribution in [0.2, 0.25) is 0 Å². The molecule has 1 atom stereocenters. The van der Waals surface area contributed by atoms with Crippen molar-refractivity contribution < 1.29 is 39.2 Å². The first-order valence-electron chi connectivity index (χ1n) is 3.66. The Morgan fingerprint density at radius 1 is 1.29 bits per heavy atom. The molecule has 0 rings (SSSR count). The van der Waals surface area contributed by atoms with E-state index in [9.17, 15) is 4.57 Å². The quantitative estimate of drug-likeness (QED) is 0.192. The standard InChI is InChI=1S/C3H8O3.C2H7O5P/c1-2-3(4,5)6;1-2-6-8(4,5)7-3/h4-6H,2H2,1H3;3H,2H2,1H3,(H,4,5). The Kier molecular flexibility index (Phi) is 8.51. The summed E-state index contributed by atoms with van der Waals surface area (Å²) in [5, 5.41) is 31.4. The Bertz CT molecular complexity index is 175. The summed E-state index contributed by atoms with van der Waals surface area (Å²) < 4.78 is 17.1. The van der Waals surface area contributed by atoms with Gasteiger partial charge < -0.3 is 20.2 Å². The van der Waals surface area contributed by atoms with E-state index in [4.69, 9.17) is 25.5 Å². The Balaban J connectivity index is 0. The van der Waals surface area contributed by atoms with Gasteiger partial charge in [0.1, 0.15) is 0 Å². The van der Waals surface area contributed by atoms with Crippen molar-refractivity contribution in [3.63, 3.8) is 0 Å². The lowest BCUT2D eigenvalue weighted by Crippen LogP contribution is -2.24. The van der Waals surface area contributed by atoms with Gasteiger partial charge in [-0.2, -0.15) is 0 Å². The van der Waals surface area contributed by atoms with Crippen molar-refractivity contribution >= 4 is 7.82 Å². The molecule has 0 aliphatic heterocycles. The van der Waals surface area contributed by atoms with Crippen molar-refractivity contribution in [3.8, 4) is 0 Å². The van der Waals surface area contributed by atoms with E-state index in [1.165, 1.54) is 13.8 Å². The summed E-state index contributed by atoms with van der Waals surface area (Å²) in [6.45, 7) is 2.98. The molecule has 0 bridgehead atoms. The van der Waals surface area contributed by atoms with Gasteiger partial charge in [0.05, 0.1) is 6.61 Å². The number of hydrogen-bond donors (Lipinski definition) is 5. The second-order valence-corrected chi connectivity index (χ2v) is 3.45. The molecule has 0 aromatic carbocycles. The molecule has 0 fully saturated rings. The molecular formula is C5H15O8P. The monoisotopic (exact) mass is 234 g/mol. The highest BCUT2D eigenvalue weighted by atomic mass is 31.2. The van der Waals surface area contributed by atoms with Crippen LogP contribution in [0.1, 0.15) is 20.3 Å². The topological polar surface area (TPSA) is 137 Å². The molecule has 0 aliphatic rings. The van der Waals surface area contributed by atoms with Crippen molar-refractivity contribution in [2.75, 3.05) is 6.61 Å². The minimum Gasteiger partial charge on any atom is -0.344 e. The lowest BCUT2D eigenvalue weighted by atomic mass is 10.4. The van der Waals surface area contributed by atoms with Gasteiger partial charge in [-0.05, 0) is 6.92 Å². The summed E-state index contributed by atoms with van der Waals surface area (Å²) in [7, 11) is -4.12. The fraction of sp³-hybridized carbons (Fsp3) is 1.00. The van der Waals surface area contributed by atoms with Gasteiger partial charge in [-0.3, -0.25) is 4.52 Å². The van der Waals surface area contributed by atoms with Gasteiger partial charge in [0.25, 0.3) is 5.97 Å². The van der Waals surface area contributed by atoms with E-state index < -0.39 is 13.8 Å². The Hall–Kier alpha value is -0.0500. The van der Waals surface area contributed by atoms with Crippen LogP contribution in [-0.2, 0) is 13.8 Å². The summed E-state index contributed by atoms with van der Waals surface area (Å²) >= 11 is 0. The maximum absolute atomic E-state index is 10.0. The molecular weight excluding hydrogens is 219 g/mol. The first-order valence-corrected chi connectivity index (χ1v) is 5.15. The highest BCUT2D eigenvalue weighted by molar-refractivity contribution is 7.47. The van der Waals surface area contributed by atoms with Crippen LogP contribution in [-0.4, -0.2) is 38.1 Å². The lowest BCUT2D eigenvalue weighted by Gasteiger charge is -2.08. The van der Waals surface area contributed by atoms with Gasteiger partial charge in [-0.15, -0.1) is 4.67 Å². The summed E-state index contributed by atoms with van der Waals surface area (Å²) in [5.41, 5.74) is 0. The number of phosphoric ester groups is 1. The maximum atomic E-state index is 10.0. The predicted molar refractivity (Wildman–Crippen MR) is 44.8 cm³/mol. The lowest BCUT2D eigenvalue weighted by molar-refractivity contribution is -0.312. The van der Waals surface area contributed by atoms with Crippen LogP contribution < -0.4 is 0 Å². The van der Waals surface area contributed by atoms with Crippen molar-refractivity contribution in [2.24, 2.45) is 0 Å². The minimum absolute atomic E-state index is 0.0222. The second kappa shape index (κ2) is 7.27. The molecule has 0 radical (unpaired) electrons. The van der Waals surface area contributed by atoms with E-state index >= 15 is 0 Å². The molecule has 0 spiro atoms. The summed E-state index contributed by atoms with van der Waals surface area (Å²) in [4.78, 5) is 8.18. The van der Waals surface area contributed by atoms with Crippen LogP contribution in [0.3, 0.4) is 0 Å². The molecule has 0 heterocycles. The molecule has 88 valence electrons. The SMILES string of the molecule is CCC(O)(O)O.CCOP(=O)(O)OO. The van der Waals surface area contributed by atoms with E-state index in [1.54, 1.807) is 0 Å². The van der Waals surface area contributed by atoms with Crippen LogP contribution >= 0.6 is 7.82 Å². The Morgan fingerprint density at radius 3 is 1.71 bits per heavy atom. The first-order chi connectivity index (χ1) is 6.18. The van der Waals surface area contributed by atoms with Crippen LogP contribution in [0, 0.1) is 0 Å². The summed E-state index contributed by atoms with van der Waals surface area (Å²) in [5.74, 6) is -2.46. The molecule has 0 aromatic rings. The normalized spacial score (nSPS) is 15.4. The fourth-order valence-corrected chi connectivity index (χ4v) is 0.560. The van der Waals surface area contributed by atoms with Gasteiger partial charge in [0.15, 0.2) is 0 Å². The van der Waals surface area contributed by atoms with Crippen LogP contribution in [0.25, 0.3) is 0 Å². The summed E-state index contributed by atoms with van der Waals surface area (Å²) in [6.07, 6.45) is -0.0625. The highest BCUT2D eigenvalue weighted by Crippen LogP contribution is 2.41. The molecule has 5 N–H and O–H groups in total. The Labute approximate surface area is 80.9 Å². The van der Waals surface area contributed by atoms with E-state index in [0.29, 0.717) is 0 Å². The molecule has 0 aromatic heterocycles. The summed E-state index contributed by atoms with van der Waals surface area (Å²) in [6, 6.07) is 0. The third-order valence-electron chi connectivity index (χ3n) is 0.870. The van der Waals surface area contributed by atoms with Gasteiger partial charge >= 0.3 is 7.82 Å². The molecule has 0 amide bonds. The Morgan fingerprint density at radius 2 is 1.64 bits per heavy atom. The van der Waals surface area contributed by atoms with Gasteiger partial charge in [0, 0.05) is 6.42 Å². The van der Waals surface area contributed by atoms with Crippen molar-refractivity contribution in [1.29, 1.82) is 0 Å². The van der Waals surface area contributed by atoms with Gasteiger partial charge in [-0.25, -0.2) is 9.82 Å². The van der Waals surface area contributed by atoms with Crippen LogP contribution in [0.15, 0.2) is 0 Å². The average Bonchev–Trinajstić information content (AvgIpc) is 2.04. The van der Waals surface area contributed by atoms with E-state index in [0.717, 1.165) is 0 Å². The molecule has 14 heavy (non-hydrogen) atoms. The zero-order valence-corrected chi connectivity index (χ0v) is 8.72. The first kappa shape index (κ1) is 16.4. The van der Waals surface area contributed by atoms with E-state index in [1.807, 2.05) is 0 Å². The zero-order valence-electron chi connectivity index (χ0n) is 7.82. The third-order valence-corrected chi connectivity index (χ3v) is 1.66. The predicted octanol–water partition coefficient (Wildman–Crippen LogP) is -0.360. The molecule has 0 saturated carbocycles. The van der Waals surface area contributed by atoms with Crippen molar-refractivity contribution in [1.82, 2.24) is 0 Å². The second-order valence-electron chi connectivity index (χ2n) is 2.10. The van der Waals surface area contributed by atoms with Crippen LogP contribution in [0.5, 0.6) is 0 Å². The van der Waals surface area contributed by atoms with E-state index in [-0.39, 0.29) is 13.0 Å². The molecule has 0 saturated heterocycles. The highest BCUT2D eigenvalue weighted by Gasteiger charge is 2.18. The number of rotatable bonds is 4. The van der Waals surface area contributed by atoms with Crippen molar-refractivity contribution in [3.05, 3.63) is 0 Å². The largest absolute Gasteiger partial charge is 0.499 e. The number of hydrogen-bond acceptors (Lipinski definition) is 7. The maximum Gasteiger partial charge on any atom is 0.499 e. The molecule has 9 heteroatoms. The molecule has 1 unspecified atom stereocenters. The van der Waals surface area contributed by atoms with Gasteiger partial charge in [0.2, 0.25) is 0 Å². The van der Waals surface area contributed by atoms with E-state index in [2.05, 4.69) is 9.20 Å². The molecule has 8 nitrogen and oxygen atoms in total. The number of aliphatic hydroxyl groups is 3. The zero-order chi connectivity index (χ0) is 11.8. The smallest absolute Gasteiger partial charge is 0.344 e. The molecule has 0 aliphatic carbocycles. The average molecular weight is 234 g/mol. The third kappa shape index (κ3) is 14.5. The number of phosphoric acid groups is 1.